The van der Waals surface area contributed by atoms with Crippen molar-refractivity contribution in [3.8, 4) is 5.75 Å². The molecule has 0 radical (unpaired) electrons. The molecule has 0 bridgehead atoms. The summed E-state index contributed by atoms with van der Waals surface area (Å²) in [7, 11) is 0. The van der Waals surface area contributed by atoms with Crippen molar-refractivity contribution in [2.24, 2.45) is 22.9 Å². The number of amides is 5. The predicted octanol–water partition coefficient (Wildman–Crippen LogP) is -4.87. The molecule has 0 fully saturated rings. The van der Waals surface area contributed by atoms with E-state index >= 15 is 0 Å². The van der Waals surface area contributed by atoms with Crippen LogP contribution in [0.25, 0.3) is 0 Å². The van der Waals surface area contributed by atoms with Crippen LogP contribution >= 0.6 is 12.6 Å². The van der Waals surface area contributed by atoms with Crippen molar-refractivity contribution in [1.29, 1.82) is 0 Å². The molecule has 0 aliphatic rings. The molecular weight excluding hydrogens is 638 g/mol. The number of nitrogens with two attached hydrogens (primary N) is 4. The SMILES string of the molecule is C[C@@H](O)[C@H](NC(=O)[C@H](CCN)NC(=O)[C@H](CS)NC(=O)[C@H](CCN)NC(=O)[C@H](N)CCN)C(=O)N[C@@H](Cc1ccc(O)cc1)C(=O)O. The second kappa shape index (κ2) is 21.0. The average Bonchev–Trinajstić information content (AvgIpc) is 3.02. The Hall–Kier alpha value is -4.01. The van der Waals surface area contributed by atoms with Gasteiger partial charge < -0.3 is 64.8 Å². The molecule has 0 unspecified atom stereocenters. The van der Waals surface area contributed by atoms with Gasteiger partial charge >= 0.3 is 5.97 Å². The molecule has 19 heteroatoms. The Morgan fingerprint density at radius 1 is 0.702 bits per heavy atom. The number of phenols is 1. The molecule has 0 saturated carbocycles. The van der Waals surface area contributed by atoms with E-state index in [1.165, 1.54) is 31.2 Å². The molecule has 16 N–H and O–H groups in total. The summed E-state index contributed by atoms with van der Waals surface area (Å²) in [4.78, 5) is 76.4. The van der Waals surface area contributed by atoms with Crippen molar-refractivity contribution in [1.82, 2.24) is 26.6 Å². The largest absolute Gasteiger partial charge is 0.508 e. The monoisotopic (exact) mass is 685 g/mol. The van der Waals surface area contributed by atoms with Crippen LogP contribution in [-0.4, -0.2) is 119 Å². The highest BCUT2D eigenvalue weighted by Crippen LogP contribution is 2.12. The number of aliphatic carboxylic acids is 1. The number of hydrogen-bond donors (Lipinski definition) is 13. The smallest absolute Gasteiger partial charge is 0.326 e. The van der Waals surface area contributed by atoms with E-state index in [0.717, 1.165) is 0 Å². The molecule has 7 atom stereocenters. The highest BCUT2D eigenvalue weighted by atomic mass is 32.1. The number of carbonyl (C=O) groups excluding carboxylic acids is 5. The summed E-state index contributed by atoms with van der Waals surface area (Å²) >= 11 is 4.11. The van der Waals surface area contributed by atoms with Gasteiger partial charge in [0.05, 0.1) is 12.1 Å². The highest BCUT2D eigenvalue weighted by molar-refractivity contribution is 7.80. The number of rotatable bonds is 21. The summed E-state index contributed by atoms with van der Waals surface area (Å²) in [5.41, 5.74) is 22.9. The van der Waals surface area contributed by atoms with Gasteiger partial charge in [0.15, 0.2) is 0 Å². The Bertz CT molecular complexity index is 1210. The summed E-state index contributed by atoms with van der Waals surface area (Å²) in [6, 6.07) is -2.18. The quantitative estimate of drug-likeness (QED) is 0.0541. The van der Waals surface area contributed by atoms with Crippen LogP contribution in [0.5, 0.6) is 5.75 Å². The van der Waals surface area contributed by atoms with Crippen molar-refractivity contribution < 1.29 is 44.1 Å². The van der Waals surface area contributed by atoms with Gasteiger partial charge in [-0.3, -0.25) is 24.0 Å². The zero-order valence-corrected chi connectivity index (χ0v) is 26.9. The molecule has 0 heterocycles. The van der Waals surface area contributed by atoms with E-state index in [-0.39, 0.29) is 56.8 Å². The Morgan fingerprint density at radius 2 is 1.15 bits per heavy atom. The van der Waals surface area contributed by atoms with Gasteiger partial charge in [0, 0.05) is 12.2 Å². The third-order valence-corrected chi connectivity index (χ3v) is 7.23. The lowest BCUT2D eigenvalue weighted by atomic mass is 10.0. The molecule has 0 spiro atoms. The molecule has 1 aromatic carbocycles. The lowest BCUT2D eigenvalue weighted by molar-refractivity contribution is -0.143. The van der Waals surface area contributed by atoms with Gasteiger partial charge in [0.2, 0.25) is 29.5 Å². The zero-order chi connectivity index (χ0) is 35.7. The minimum Gasteiger partial charge on any atom is -0.508 e. The maximum Gasteiger partial charge on any atom is 0.326 e. The molecule has 1 rings (SSSR count). The second-order valence-corrected chi connectivity index (χ2v) is 11.1. The standard InChI is InChI=1S/C28H47N9O9S/c1-14(38)22(27(44)35-20(28(45)46)12-15-2-4-16(39)5-3-15)37-25(42)19(8-11-31)34-26(43)21(13-47)36-24(41)18(7-10-30)33-23(40)17(32)6-9-29/h2-5,14,17-22,38-39,47H,6-13,29-32H2,1H3,(H,33,40)(H,34,43)(H,35,44)(H,36,41)(H,37,42)(H,45,46)/t14-,17-,18+,19+,20+,21+,22+/m1/s1. The van der Waals surface area contributed by atoms with Crippen LogP contribution in [0, 0.1) is 0 Å². The summed E-state index contributed by atoms with van der Waals surface area (Å²) in [6.07, 6.45) is -1.59. The number of carboxylic acid groups (broad SMARTS) is 1. The molecular formula is C28H47N9O9S. The van der Waals surface area contributed by atoms with E-state index < -0.39 is 77.9 Å². The van der Waals surface area contributed by atoms with Crippen molar-refractivity contribution in [2.75, 3.05) is 25.4 Å². The third-order valence-electron chi connectivity index (χ3n) is 6.86. The first-order chi connectivity index (χ1) is 22.2. The number of aromatic hydroxyl groups is 1. The first-order valence-electron chi connectivity index (χ1n) is 14.9. The van der Waals surface area contributed by atoms with E-state index in [1.54, 1.807) is 0 Å². The fraction of sp³-hybridized carbons (Fsp3) is 0.571. The Labute approximate surface area is 277 Å². The lowest BCUT2D eigenvalue weighted by Gasteiger charge is -2.27. The van der Waals surface area contributed by atoms with Crippen LogP contribution in [0.4, 0.5) is 0 Å². The normalized spacial score (nSPS) is 15.5. The van der Waals surface area contributed by atoms with Gasteiger partial charge in [-0.2, -0.15) is 12.6 Å². The Morgan fingerprint density at radius 3 is 1.62 bits per heavy atom. The average molecular weight is 686 g/mol. The lowest BCUT2D eigenvalue weighted by Crippen LogP contribution is -2.61. The molecule has 18 nitrogen and oxygen atoms in total. The topological polar surface area (TPSA) is 327 Å². The number of aliphatic hydroxyl groups is 1. The van der Waals surface area contributed by atoms with Gasteiger partial charge in [-0.15, -0.1) is 0 Å². The van der Waals surface area contributed by atoms with Gasteiger partial charge in [-0.25, -0.2) is 4.79 Å². The van der Waals surface area contributed by atoms with Gasteiger partial charge in [0.25, 0.3) is 0 Å². The van der Waals surface area contributed by atoms with E-state index in [4.69, 9.17) is 22.9 Å². The first kappa shape index (κ1) is 41.0. The van der Waals surface area contributed by atoms with Crippen molar-refractivity contribution in [3.05, 3.63) is 29.8 Å². The van der Waals surface area contributed by atoms with E-state index in [1.807, 2.05) is 0 Å². The predicted molar refractivity (Wildman–Crippen MR) is 174 cm³/mol. The summed E-state index contributed by atoms with van der Waals surface area (Å²) in [6.45, 7) is 1.27. The van der Waals surface area contributed by atoms with Crippen molar-refractivity contribution in [3.63, 3.8) is 0 Å². The van der Waals surface area contributed by atoms with E-state index in [2.05, 4.69) is 39.2 Å². The Kier molecular flexibility index (Phi) is 18.3. The highest BCUT2D eigenvalue weighted by Gasteiger charge is 2.34. The van der Waals surface area contributed by atoms with Crippen molar-refractivity contribution >= 4 is 48.1 Å². The molecule has 264 valence electrons. The van der Waals surface area contributed by atoms with E-state index in [0.29, 0.717) is 5.56 Å². The number of hydrogen-bond acceptors (Lipinski definition) is 13. The first-order valence-corrected chi connectivity index (χ1v) is 15.5. The number of nitrogens with one attached hydrogen (secondary N) is 5. The Balaban J connectivity index is 2.99. The molecule has 47 heavy (non-hydrogen) atoms. The number of thiol groups is 1. The number of aliphatic hydroxyl groups excluding tert-OH is 1. The maximum absolute atomic E-state index is 13.2. The van der Waals surface area contributed by atoms with Crippen molar-refractivity contribution in [2.45, 2.75) is 75.0 Å². The number of carboxylic acids is 1. The summed E-state index contributed by atoms with van der Waals surface area (Å²) in [5, 5.41) is 41.3. The number of benzene rings is 1. The number of carbonyl (C=O) groups is 6. The van der Waals surface area contributed by atoms with Crippen LogP contribution in [0.2, 0.25) is 0 Å². The molecule has 0 aliphatic carbocycles. The zero-order valence-electron chi connectivity index (χ0n) is 26.1. The van der Waals surface area contributed by atoms with Crippen LogP contribution in [0.1, 0.15) is 31.7 Å². The van der Waals surface area contributed by atoms with Gasteiger partial charge in [-0.1, -0.05) is 12.1 Å². The minimum atomic E-state index is -1.63. The fourth-order valence-corrected chi connectivity index (χ4v) is 4.44. The summed E-state index contributed by atoms with van der Waals surface area (Å²) < 4.78 is 0. The van der Waals surface area contributed by atoms with Crippen LogP contribution in [0.15, 0.2) is 24.3 Å². The van der Waals surface area contributed by atoms with Gasteiger partial charge in [-0.05, 0) is 63.5 Å². The van der Waals surface area contributed by atoms with Crippen LogP contribution < -0.4 is 49.5 Å². The molecule has 5 amide bonds. The van der Waals surface area contributed by atoms with Crippen LogP contribution in [0.3, 0.4) is 0 Å². The molecule has 0 saturated heterocycles. The molecule has 1 aromatic rings. The fourth-order valence-electron chi connectivity index (χ4n) is 4.19. The van der Waals surface area contributed by atoms with E-state index in [9.17, 15) is 44.1 Å². The molecule has 0 aliphatic heterocycles. The summed E-state index contributed by atoms with van der Waals surface area (Å²) in [5.74, 6) is -5.84. The maximum atomic E-state index is 13.2. The minimum absolute atomic E-state index is 0.0169. The van der Waals surface area contributed by atoms with Crippen LogP contribution in [-0.2, 0) is 35.2 Å². The van der Waals surface area contributed by atoms with Gasteiger partial charge in [0.1, 0.15) is 36.0 Å². The molecule has 0 aromatic heterocycles. The second-order valence-electron chi connectivity index (χ2n) is 10.7. The number of phenolic OH excluding ortho intramolecular Hbond substituents is 1. The third kappa shape index (κ3) is 14.1.